The van der Waals surface area contributed by atoms with Crippen molar-refractivity contribution in [3.05, 3.63) is 66.1 Å². The highest BCUT2D eigenvalue weighted by molar-refractivity contribution is 7.93. The van der Waals surface area contributed by atoms with Gasteiger partial charge >= 0.3 is 0 Å². The van der Waals surface area contributed by atoms with Crippen molar-refractivity contribution in [1.82, 2.24) is 14.8 Å². The summed E-state index contributed by atoms with van der Waals surface area (Å²) in [5.74, 6) is 0.0657. The third-order valence-corrected chi connectivity index (χ3v) is 7.98. The first-order chi connectivity index (χ1) is 13.9. The molecule has 9 heteroatoms. The second-order valence-electron chi connectivity index (χ2n) is 6.97. The fraction of sp³-hybridized carbons (Fsp3) is 0.250. The van der Waals surface area contributed by atoms with E-state index in [9.17, 15) is 13.2 Å². The van der Waals surface area contributed by atoms with Crippen LogP contribution in [0.4, 0.5) is 5.69 Å². The molecule has 2 aromatic heterocycles. The third-order valence-electron chi connectivity index (χ3n) is 5.21. The summed E-state index contributed by atoms with van der Waals surface area (Å²) >= 11 is 5.89. The van der Waals surface area contributed by atoms with E-state index in [0.717, 1.165) is 0 Å². The van der Waals surface area contributed by atoms with E-state index in [1.54, 1.807) is 35.3 Å². The second-order valence-corrected chi connectivity index (χ2v) is 9.66. The normalized spacial score (nSPS) is 15.9. The highest BCUT2D eigenvalue weighted by Gasteiger charge is 2.52. The van der Waals surface area contributed by atoms with Crippen LogP contribution < -0.4 is 5.32 Å². The zero-order valence-corrected chi connectivity index (χ0v) is 17.0. The van der Waals surface area contributed by atoms with Crippen LogP contribution in [0.2, 0.25) is 5.02 Å². The zero-order valence-electron chi connectivity index (χ0n) is 15.5. The molecule has 7 nitrogen and oxygen atoms in total. The predicted octanol–water partition coefficient (Wildman–Crippen LogP) is 3.65. The molecule has 0 saturated heterocycles. The Kier molecular flexibility index (Phi) is 5.14. The summed E-state index contributed by atoms with van der Waals surface area (Å²) in [6.07, 6.45) is 6.81. The molecule has 1 fully saturated rings. The van der Waals surface area contributed by atoms with Gasteiger partial charge in [0.05, 0.1) is 16.8 Å². The lowest BCUT2D eigenvalue weighted by Gasteiger charge is -2.27. The monoisotopic (exact) mass is 430 g/mol. The molecule has 3 aromatic rings. The first-order valence-electron chi connectivity index (χ1n) is 9.20. The number of amides is 1. The predicted molar refractivity (Wildman–Crippen MR) is 110 cm³/mol. The van der Waals surface area contributed by atoms with Crippen molar-refractivity contribution in [3.63, 3.8) is 0 Å². The fourth-order valence-electron chi connectivity index (χ4n) is 3.65. The van der Waals surface area contributed by atoms with E-state index in [1.165, 1.54) is 30.5 Å². The molecule has 0 aliphatic heterocycles. The molecule has 1 amide bonds. The van der Waals surface area contributed by atoms with Gasteiger partial charge in [-0.15, -0.1) is 0 Å². The Labute approximate surface area is 173 Å². The average molecular weight is 431 g/mol. The smallest absolute Gasteiger partial charge is 0.246 e. The molecule has 1 aliphatic carbocycles. The zero-order chi connectivity index (χ0) is 20.5. The Bertz CT molecular complexity index is 1110. The largest absolute Gasteiger partial charge is 0.323 e. The van der Waals surface area contributed by atoms with Crippen LogP contribution >= 0.6 is 11.6 Å². The van der Waals surface area contributed by atoms with E-state index < -0.39 is 20.5 Å². The molecule has 0 spiro atoms. The molecule has 1 saturated carbocycles. The molecule has 0 radical (unpaired) electrons. The fourth-order valence-corrected chi connectivity index (χ4v) is 5.84. The van der Waals surface area contributed by atoms with Crippen molar-refractivity contribution in [2.45, 2.75) is 35.3 Å². The van der Waals surface area contributed by atoms with Gasteiger partial charge in [-0.25, -0.2) is 18.1 Å². The number of nitrogens with zero attached hydrogens (tertiary/aromatic N) is 3. The number of nitrogens with one attached hydrogen (secondary N) is 1. The van der Waals surface area contributed by atoms with Gasteiger partial charge in [0, 0.05) is 17.4 Å². The second kappa shape index (κ2) is 7.61. The van der Waals surface area contributed by atoms with Crippen LogP contribution in [-0.4, -0.2) is 33.8 Å². The molecular weight excluding hydrogens is 412 g/mol. The molecule has 1 N–H and O–H groups in total. The number of carbonyl (C=O) groups is 1. The van der Waals surface area contributed by atoms with E-state index in [0.29, 0.717) is 29.4 Å². The molecule has 29 heavy (non-hydrogen) atoms. The van der Waals surface area contributed by atoms with Gasteiger partial charge in [0.25, 0.3) is 0 Å². The number of hydrogen-bond acceptors (Lipinski definition) is 5. The minimum Gasteiger partial charge on any atom is -0.323 e. The number of halogens is 1. The Morgan fingerprint density at radius 3 is 2.41 bits per heavy atom. The molecule has 1 aromatic carbocycles. The Morgan fingerprint density at radius 2 is 1.83 bits per heavy atom. The summed E-state index contributed by atoms with van der Waals surface area (Å²) in [6.45, 7) is 0. The van der Waals surface area contributed by atoms with E-state index >= 15 is 0 Å². The lowest BCUT2D eigenvalue weighted by Crippen LogP contribution is -2.47. The average Bonchev–Trinajstić information content (AvgIpc) is 3.42. The van der Waals surface area contributed by atoms with E-state index in [2.05, 4.69) is 15.4 Å². The van der Waals surface area contributed by atoms with Gasteiger partial charge in [-0.2, -0.15) is 5.10 Å². The summed E-state index contributed by atoms with van der Waals surface area (Å²) in [4.78, 5) is 17.6. The lowest BCUT2D eigenvalue weighted by atomic mass is 10.1. The third kappa shape index (κ3) is 3.54. The Balaban J connectivity index is 1.61. The number of sulfone groups is 1. The number of hydrogen-bond donors (Lipinski definition) is 1. The van der Waals surface area contributed by atoms with Gasteiger partial charge in [0.1, 0.15) is 0 Å². The number of rotatable bonds is 5. The topological polar surface area (TPSA) is 93.9 Å². The van der Waals surface area contributed by atoms with Gasteiger partial charge < -0.3 is 5.32 Å². The van der Waals surface area contributed by atoms with Crippen molar-refractivity contribution >= 4 is 33.0 Å². The van der Waals surface area contributed by atoms with Crippen LogP contribution in [0.5, 0.6) is 0 Å². The first-order valence-corrected chi connectivity index (χ1v) is 11.1. The van der Waals surface area contributed by atoms with E-state index in [4.69, 9.17) is 11.6 Å². The van der Waals surface area contributed by atoms with Crippen molar-refractivity contribution in [3.8, 4) is 5.82 Å². The molecule has 150 valence electrons. The Morgan fingerprint density at radius 1 is 1.10 bits per heavy atom. The molecule has 1 aliphatic rings. The summed E-state index contributed by atoms with van der Waals surface area (Å²) in [5, 5.41) is 7.29. The summed E-state index contributed by atoms with van der Waals surface area (Å²) < 4.78 is 26.8. The minimum absolute atomic E-state index is 0.103. The molecule has 0 unspecified atom stereocenters. The highest BCUT2D eigenvalue weighted by atomic mass is 35.5. The summed E-state index contributed by atoms with van der Waals surface area (Å²) in [6, 6.07) is 11.1. The van der Waals surface area contributed by atoms with Gasteiger partial charge in [0.2, 0.25) is 5.91 Å². The lowest BCUT2D eigenvalue weighted by molar-refractivity contribution is -0.118. The van der Waals surface area contributed by atoms with Gasteiger partial charge in [0.15, 0.2) is 20.4 Å². The number of carbonyl (C=O) groups excluding carboxylic acids is 1. The standard InChI is InChI=1S/C20H19ClN4O3S/c21-15-4-7-17(8-5-15)29(27,28)20(10-1-2-11-20)19(26)24-16-6-9-18(22-14-16)25-13-3-12-23-25/h3-9,12-14H,1-2,10-11H2,(H,24,26). The quantitative estimate of drug-likeness (QED) is 0.666. The molecule has 2 heterocycles. The van der Waals surface area contributed by atoms with Crippen molar-refractivity contribution in [2.24, 2.45) is 0 Å². The molecule has 4 rings (SSSR count). The number of anilines is 1. The highest BCUT2D eigenvalue weighted by Crippen LogP contribution is 2.41. The van der Waals surface area contributed by atoms with Crippen molar-refractivity contribution < 1.29 is 13.2 Å². The minimum atomic E-state index is -3.89. The maximum absolute atomic E-state index is 13.4. The number of benzene rings is 1. The van der Waals surface area contributed by atoms with Gasteiger partial charge in [-0.3, -0.25) is 4.79 Å². The molecular formula is C20H19ClN4O3S. The van der Waals surface area contributed by atoms with Crippen LogP contribution in [0.15, 0.2) is 66.0 Å². The SMILES string of the molecule is O=C(Nc1ccc(-n2cccn2)nc1)C1(S(=O)(=O)c2ccc(Cl)cc2)CCCC1. The van der Waals surface area contributed by atoms with Crippen LogP contribution in [0.3, 0.4) is 0 Å². The van der Waals surface area contributed by atoms with Crippen LogP contribution in [-0.2, 0) is 14.6 Å². The van der Waals surface area contributed by atoms with E-state index in [-0.39, 0.29) is 17.7 Å². The number of pyridine rings is 1. The summed E-state index contributed by atoms with van der Waals surface area (Å²) in [7, 11) is -3.89. The van der Waals surface area contributed by atoms with Crippen LogP contribution in [0.25, 0.3) is 5.82 Å². The van der Waals surface area contributed by atoms with Gasteiger partial charge in [-0.1, -0.05) is 24.4 Å². The molecule has 0 atom stereocenters. The van der Waals surface area contributed by atoms with E-state index in [1.807, 2.05) is 0 Å². The van der Waals surface area contributed by atoms with Crippen molar-refractivity contribution in [2.75, 3.05) is 5.32 Å². The first kappa shape index (κ1) is 19.6. The maximum Gasteiger partial charge on any atom is 0.246 e. The number of aromatic nitrogens is 3. The maximum atomic E-state index is 13.4. The van der Waals surface area contributed by atoms with Crippen LogP contribution in [0, 0.1) is 0 Å². The summed E-state index contributed by atoms with van der Waals surface area (Å²) in [5.41, 5.74) is 0.434. The van der Waals surface area contributed by atoms with Crippen LogP contribution in [0.1, 0.15) is 25.7 Å². The molecule has 0 bridgehead atoms. The van der Waals surface area contributed by atoms with Gasteiger partial charge in [-0.05, 0) is 55.3 Å². The van der Waals surface area contributed by atoms with Crippen molar-refractivity contribution in [1.29, 1.82) is 0 Å². The Hall–Kier alpha value is -2.71.